The topological polar surface area (TPSA) is 92.7 Å². The maximum absolute atomic E-state index is 13.2. The summed E-state index contributed by atoms with van der Waals surface area (Å²) in [7, 11) is 0. The van der Waals surface area contributed by atoms with Crippen molar-refractivity contribution in [1.82, 2.24) is 5.32 Å². The van der Waals surface area contributed by atoms with Crippen LogP contribution in [0.5, 0.6) is 0 Å². The summed E-state index contributed by atoms with van der Waals surface area (Å²) in [6.07, 6.45) is -0.0530. The first-order valence-electron chi connectivity index (χ1n) is 9.53. The van der Waals surface area contributed by atoms with Gasteiger partial charge < -0.3 is 15.2 Å². The van der Waals surface area contributed by atoms with Crippen molar-refractivity contribution in [1.29, 1.82) is 0 Å². The van der Waals surface area contributed by atoms with E-state index in [1.54, 1.807) is 13.8 Å². The number of nitrogens with one attached hydrogen (secondary N) is 1. The molecule has 150 valence electrons. The Morgan fingerprint density at radius 2 is 1.55 bits per heavy atom. The van der Waals surface area contributed by atoms with Gasteiger partial charge in [0, 0.05) is 0 Å². The molecule has 0 aromatic heterocycles. The molecule has 6 nitrogen and oxygen atoms in total. The maximum Gasteiger partial charge on any atom is 0.326 e. The summed E-state index contributed by atoms with van der Waals surface area (Å²) in [6, 6.07) is 15.8. The van der Waals surface area contributed by atoms with Gasteiger partial charge in [0.05, 0.1) is 18.1 Å². The maximum atomic E-state index is 13.2. The molecule has 0 saturated heterocycles. The van der Waals surface area contributed by atoms with Crippen LogP contribution in [0.2, 0.25) is 0 Å². The van der Waals surface area contributed by atoms with Crippen LogP contribution < -0.4 is 5.32 Å². The van der Waals surface area contributed by atoms with E-state index in [1.807, 2.05) is 54.6 Å². The number of esters is 1. The summed E-state index contributed by atoms with van der Waals surface area (Å²) in [6.45, 7) is 3.50. The van der Waals surface area contributed by atoms with E-state index in [4.69, 9.17) is 4.74 Å². The first kappa shape index (κ1) is 20.3. The van der Waals surface area contributed by atoms with E-state index in [-0.39, 0.29) is 13.0 Å². The van der Waals surface area contributed by atoms with Gasteiger partial charge in [-0.25, -0.2) is 4.79 Å². The summed E-state index contributed by atoms with van der Waals surface area (Å²) in [4.78, 5) is 36.8. The normalized spacial score (nSPS) is 13.0. The van der Waals surface area contributed by atoms with Crippen LogP contribution in [-0.2, 0) is 14.3 Å². The molecule has 0 aliphatic heterocycles. The van der Waals surface area contributed by atoms with E-state index >= 15 is 0 Å². The second-order valence-corrected chi connectivity index (χ2v) is 6.95. The fourth-order valence-electron chi connectivity index (χ4n) is 3.44. The minimum absolute atomic E-state index is 0.0530. The predicted molar refractivity (Wildman–Crippen MR) is 111 cm³/mol. The molecule has 3 aromatic carbocycles. The number of ether oxygens (including phenoxy) is 1. The Bertz CT molecular complexity index is 1020. The van der Waals surface area contributed by atoms with Gasteiger partial charge in [-0.1, -0.05) is 55.5 Å². The Labute approximate surface area is 168 Å². The summed E-state index contributed by atoms with van der Waals surface area (Å²) < 4.78 is 4.94. The number of carbonyl (C=O) groups is 3. The van der Waals surface area contributed by atoms with Gasteiger partial charge >= 0.3 is 11.9 Å². The Hall–Kier alpha value is -3.41. The number of carboxylic acids is 1. The minimum atomic E-state index is -1.21. The van der Waals surface area contributed by atoms with Crippen LogP contribution >= 0.6 is 0 Å². The van der Waals surface area contributed by atoms with Crippen molar-refractivity contribution in [2.45, 2.75) is 26.3 Å². The zero-order valence-corrected chi connectivity index (χ0v) is 16.3. The van der Waals surface area contributed by atoms with Crippen molar-refractivity contribution in [2.24, 2.45) is 5.92 Å². The predicted octanol–water partition coefficient (Wildman–Crippen LogP) is 3.77. The molecule has 2 N–H and O–H groups in total. The molecule has 0 aliphatic carbocycles. The Balaban J connectivity index is 1.97. The van der Waals surface area contributed by atoms with Crippen LogP contribution in [0.3, 0.4) is 0 Å². The molecule has 0 radical (unpaired) electrons. The van der Waals surface area contributed by atoms with Crippen LogP contribution in [-0.4, -0.2) is 35.6 Å². The largest absolute Gasteiger partial charge is 0.480 e. The number of carbonyl (C=O) groups excluding carboxylic acids is 2. The van der Waals surface area contributed by atoms with E-state index in [2.05, 4.69) is 5.32 Å². The lowest BCUT2D eigenvalue weighted by Gasteiger charge is -2.19. The molecule has 3 aromatic rings. The Morgan fingerprint density at radius 3 is 2.07 bits per heavy atom. The van der Waals surface area contributed by atoms with Crippen molar-refractivity contribution < 1.29 is 24.2 Å². The number of amides is 1. The molecule has 3 rings (SSSR count). The molecule has 6 heteroatoms. The van der Waals surface area contributed by atoms with Gasteiger partial charge in [0.25, 0.3) is 5.91 Å². The number of hydrogen-bond donors (Lipinski definition) is 2. The molecular formula is C23H23NO5. The van der Waals surface area contributed by atoms with Gasteiger partial charge in [-0.2, -0.15) is 0 Å². The van der Waals surface area contributed by atoms with Gasteiger partial charge in [-0.15, -0.1) is 0 Å². The van der Waals surface area contributed by atoms with Crippen LogP contribution in [0.1, 0.15) is 30.6 Å². The van der Waals surface area contributed by atoms with Gasteiger partial charge in [0.1, 0.15) is 6.04 Å². The lowest BCUT2D eigenvalue weighted by molar-refractivity contribution is -0.148. The molecule has 0 bridgehead atoms. The number of fused-ring (bicyclic) bond motifs is 2. The van der Waals surface area contributed by atoms with Crippen LogP contribution in [0.15, 0.2) is 54.6 Å². The molecule has 0 heterocycles. The number of benzene rings is 3. The average molecular weight is 393 g/mol. The highest BCUT2D eigenvalue weighted by molar-refractivity contribution is 6.18. The summed E-state index contributed by atoms with van der Waals surface area (Å²) >= 11 is 0. The zero-order chi connectivity index (χ0) is 21.0. The highest BCUT2D eigenvalue weighted by atomic mass is 16.5. The second-order valence-electron chi connectivity index (χ2n) is 6.95. The number of carboxylic acid groups (broad SMARTS) is 1. The van der Waals surface area contributed by atoms with Gasteiger partial charge in [-0.3, -0.25) is 9.59 Å². The van der Waals surface area contributed by atoms with Gasteiger partial charge in [0.2, 0.25) is 0 Å². The minimum Gasteiger partial charge on any atom is -0.480 e. The Morgan fingerprint density at radius 1 is 1.00 bits per heavy atom. The number of aliphatic carboxylic acids is 1. The van der Waals surface area contributed by atoms with Crippen molar-refractivity contribution >= 4 is 39.4 Å². The molecule has 2 atom stereocenters. The summed E-state index contributed by atoms with van der Waals surface area (Å²) in [5.41, 5.74) is 0.425. The van der Waals surface area contributed by atoms with E-state index in [9.17, 15) is 19.5 Å². The van der Waals surface area contributed by atoms with Crippen molar-refractivity contribution in [3.63, 3.8) is 0 Å². The standard InChI is InChI=1S/C23H23NO5/c1-3-29-23(28)14(2)12-19(22(26)27)24-21(25)20-17-10-6-4-8-15(17)13-16-9-5-7-11-18(16)20/h4-11,13-14,19H,3,12H2,1-2H3,(H,24,25)(H,26,27)/t14-,19-/m1/s1. The smallest absolute Gasteiger partial charge is 0.326 e. The molecule has 0 unspecified atom stereocenters. The van der Waals surface area contributed by atoms with Crippen molar-refractivity contribution in [3.05, 3.63) is 60.2 Å². The van der Waals surface area contributed by atoms with E-state index in [0.717, 1.165) is 21.5 Å². The zero-order valence-electron chi connectivity index (χ0n) is 16.3. The first-order chi connectivity index (χ1) is 13.9. The fourth-order valence-corrected chi connectivity index (χ4v) is 3.44. The SMILES string of the molecule is CCOC(=O)[C@H](C)C[C@@H](NC(=O)c1c2ccccc2cc2ccccc12)C(=O)O. The average Bonchev–Trinajstić information content (AvgIpc) is 2.71. The third-order valence-corrected chi connectivity index (χ3v) is 4.88. The third-order valence-electron chi connectivity index (χ3n) is 4.88. The van der Waals surface area contributed by atoms with Crippen molar-refractivity contribution in [3.8, 4) is 0 Å². The lowest BCUT2D eigenvalue weighted by Crippen LogP contribution is -2.43. The molecule has 0 aliphatic rings. The van der Waals surface area contributed by atoms with Gasteiger partial charge in [-0.05, 0) is 41.0 Å². The van der Waals surface area contributed by atoms with E-state index < -0.39 is 29.8 Å². The quantitative estimate of drug-likeness (QED) is 0.471. The highest BCUT2D eigenvalue weighted by Crippen LogP contribution is 2.28. The molecule has 0 saturated carbocycles. The van der Waals surface area contributed by atoms with Crippen LogP contribution in [0.4, 0.5) is 0 Å². The fraction of sp³-hybridized carbons (Fsp3) is 0.261. The molecular weight excluding hydrogens is 370 g/mol. The molecule has 0 spiro atoms. The first-order valence-corrected chi connectivity index (χ1v) is 9.53. The van der Waals surface area contributed by atoms with Crippen LogP contribution in [0.25, 0.3) is 21.5 Å². The van der Waals surface area contributed by atoms with E-state index in [1.165, 1.54) is 0 Å². The third kappa shape index (κ3) is 4.37. The molecule has 29 heavy (non-hydrogen) atoms. The summed E-state index contributed by atoms with van der Waals surface area (Å²) in [5.74, 6) is -2.82. The van der Waals surface area contributed by atoms with Crippen molar-refractivity contribution in [2.75, 3.05) is 6.61 Å². The number of hydrogen-bond acceptors (Lipinski definition) is 4. The molecule has 0 fully saturated rings. The summed E-state index contributed by atoms with van der Waals surface area (Å²) in [5, 5.41) is 15.5. The number of rotatable bonds is 7. The lowest BCUT2D eigenvalue weighted by atomic mass is 9.95. The van der Waals surface area contributed by atoms with Gasteiger partial charge in [0.15, 0.2) is 0 Å². The second kappa shape index (κ2) is 8.73. The monoisotopic (exact) mass is 393 g/mol. The highest BCUT2D eigenvalue weighted by Gasteiger charge is 2.28. The van der Waals surface area contributed by atoms with E-state index in [0.29, 0.717) is 5.56 Å². The molecule has 1 amide bonds. The van der Waals surface area contributed by atoms with Crippen LogP contribution in [0, 0.1) is 5.92 Å². The Kier molecular flexibility index (Phi) is 6.12.